The van der Waals surface area contributed by atoms with Crippen molar-refractivity contribution in [3.8, 4) is 5.75 Å². The molecule has 0 fully saturated rings. The average Bonchev–Trinajstić information content (AvgIpc) is 2.48. The molecular weight excluding hydrogens is 289 g/mol. The number of hydrogen-bond acceptors (Lipinski definition) is 5. The summed E-state index contributed by atoms with van der Waals surface area (Å²) in [6, 6.07) is 8.73. The largest absolute Gasteiger partial charge is 0.537 e. The van der Waals surface area contributed by atoms with Crippen LogP contribution in [-0.4, -0.2) is 33.4 Å². The summed E-state index contributed by atoms with van der Waals surface area (Å²) in [5.74, 6) is -0.794. The molecule has 3 rings (SSSR count). The van der Waals surface area contributed by atoms with Gasteiger partial charge in [0.25, 0.3) is 0 Å². The normalized spacial score (nSPS) is 17.0. The van der Waals surface area contributed by atoms with Gasteiger partial charge in [-0.3, -0.25) is 4.98 Å². The van der Waals surface area contributed by atoms with E-state index in [-0.39, 0.29) is 16.5 Å². The molecule has 0 bridgehead atoms. The fourth-order valence-electron chi connectivity index (χ4n) is 2.26. The first-order chi connectivity index (χ1) is 10.1. The number of thioether (sulfide) groups is 1. The SMILES string of the molecule is O=C(O)c1cccc2c1OB(O)C(Sc1cccnc1)C2. The average molecular weight is 301 g/mol. The van der Waals surface area contributed by atoms with Gasteiger partial charge in [0.05, 0.1) is 10.7 Å². The summed E-state index contributed by atoms with van der Waals surface area (Å²) in [5, 5.41) is 19.1. The molecule has 1 atom stereocenters. The molecule has 1 aliphatic heterocycles. The summed E-state index contributed by atoms with van der Waals surface area (Å²) < 4.78 is 5.44. The molecule has 0 saturated heterocycles. The summed E-state index contributed by atoms with van der Waals surface area (Å²) in [7, 11) is -1.05. The molecule has 2 heterocycles. The van der Waals surface area contributed by atoms with Crippen LogP contribution in [0, 0.1) is 0 Å². The highest BCUT2D eigenvalue weighted by molar-refractivity contribution is 8.01. The molecule has 1 aromatic heterocycles. The number of aromatic nitrogens is 1. The van der Waals surface area contributed by atoms with E-state index in [1.807, 2.05) is 18.2 Å². The number of rotatable bonds is 3. The first kappa shape index (κ1) is 14.0. The second-order valence-electron chi connectivity index (χ2n) is 4.66. The van der Waals surface area contributed by atoms with Crippen molar-refractivity contribution < 1.29 is 19.6 Å². The smallest absolute Gasteiger partial charge is 0.535 e. The first-order valence-corrected chi connectivity index (χ1v) is 7.29. The molecule has 7 heteroatoms. The van der Waals surface area contributed by atoms with Crippen LogP contribution in [0.1, 0.15) is 15.9 Å². The maximum absolute atomic E-state index is 11.2. The van der Waals surface area contributed by atoms with Gasteiger partial charge in [0.2, 0.25) is 0 Å². The lowest BCUT2D eigenvalue weighted by Crippen LogP contribution is -2.40. The third-order valence-corrected chi connectivity index (χ3v) is 4.44. The standard InChI is InChI=1S/C14H12BNO4S/c17-14(18)11-5-1-3-9-7-12(15(19)20-13(9)11)21-10-4-2-6-16-8-10/h1-6,8,12,19H,7H2,(H,17,18). The maximum Gasteiger partial charge on any atom is 0.537 e. The molecule has 0 spiro atoms. The van der Waals surface area contributed by atoms with Crippen molar-refractivity contribution >= 4 is 24.8 Å². The Morgan fingerprint density at radius 1 is 1.38 bits per heavy atom. The van der Waals surface area contributed by atoms with Crippen LogP contribution in [0.5, 0.6) is 5.75 Å². The van der Waals surface area contributed by atoms with Crippen molar-refractivity contribution in [3.05, 3.63) is 53.9 Å². The predicted molar refractivity (Wildman–Crippen MR) is 79.6 cm³/mol. The quantitative estimate of drug-likeness (QED) is 0.843. The number of benzene rings is 1. The number of nitrogens with zero attached hydrogens (tertiary/aromatic N) is 1. The van der Waals surface area contributed by atoms with E-state index in [0.29, 0.717) is 6.42 Å². The van der Waals surface area contributed by atoms with Gasteiger partial charge in [-0.05, 0) is 30.2 Å². The Hall–Kier alpha value is -1.99. The van der Waals surface area contributed by atoms with Gasteiger partial charge in [-0.25, -0.2) is 4.79 Å². The monoisotopic (exact) mass is 301 g/mol. The van der Waals surface area contributed by atoms with E-state index in [0.717, 1.165) is 10.5 Å². The van der Waals surface area contributed by atoms with E-state index >= 15 is 0 Å². The number of hydrogen-bond donors (Lipinski definition) is 2. The first-order valence-electron chi connectivity index (χ1n) is 6.42. The molecule has 0 radical (unpaired) electrons. The summed E-state index contributed by atoms with van der Waals surface area (Å²) in [6.07, 6.45) is 3.95. The molecule has 0 saturated carbocycles. The van der Waals surface area contributed by atoms with Crippen LogP contribution >= 0.6 is 11.8 Å². The summed E-state index contributed by atoms with van der Waals surface area (Å²) >= 11 is 1.47. The Morgan fingerprint density at radius 3 is 2.95 bits per heavy atom. The van der Waals surface area contributed by atoms with Crippen molar-refractivity contribution in [2.24, 2.45) is 0 Å². The highest BCUT2D eigenvalue weighted by Gasteiger charge is 2.37. The Labute approximate surface area is 126 Å². The van der Waals surface area contributed by atoms with Crippen molar-refractivity contribution in [1.82, 2.24) is 4.98 Å². The number of aromatic carboxylic acids is 1. The number of carboxylic acid groups (broad SMARTS) is 1. The lowest BCUT2D eigenvalue weighted by molar-refractivity contribution is 0.0694. The van der Waals surface area contributed by atoms with Crippen LogP contribution in [0.3, 0.4) is 0 Å². The van der Waals surface area contributed by atoms with Crippen LogP contribution in [0.4, 0.5) is 0 Å². The third-order valence-electron chi connectivity index (χ3n) is 3.23. The van der Waals surface area contributed by atoms with Crippen LogP contribution < -0.4 is 4.65 Å². The zero-order chi connectivity index (χ0) is 14.8. The molecule has 1 unspecified atom stereocenters. The summed E-state index contributed by atoms with van der Waals surface area (Å²) in [6.45, 7) is 0. The van der Waals surface area contributed by atoms with E-state index in [1.54, 1.807) is 18.5 Å². The molecule has 2 N–H and O–H groups in total. The van der Waals surface area contributed by atoms with E-state index in [4.69, 9.17) is 9.76 Å². The summed E-state index contributed by atoms with van der Waals surface area (Å²) in [5.41, 5.74) is 0.873. The minimum Gasteiger partial charge on any atom is -0.535 e. The van der Waals surface area contributed by atoms with Gasteiger partial charge in [0.15, 0.2) is 0 Å². The molecule has 5 nitrogen and oxygen atoms in total. The molecule has 0 aliphatic carbocycles. The minimum atomic E-state index is -1.06. The lowest BCUT2D eigenvalue weighted by atomic mass is 9.77. The third kappa shape index (κ3) is 2.89. The molecule has 1 aromatic carbocycles. The van der Waals surface area contributed by atoms with E-state index in [9.17, 15) is 9.82 Å². The number of fused-ring (bicyclic) bond motifs is 1. The fourth-order valence-corrected chi connectivity index (χ4v) is 3.32. The van der Waals surface area contributed by atoms with Gasteiger partial charge >= 0.3 is 13.1 Å². The van der Waals surface area contributed by atoms with Gasteiger partial charge in [-0.2, -0.15) is 0 Å². The molecule has 2 aromatic rings. The van der Waals surface area contributed by atoms with Gasteiger partial charge in [-0.1, -0.05) is 12.1 Å². The molecule has 21 heavy (non-hydrogen) atoms. The van der Waals surface area contributed by atoms with E-state index in [1.165, 1.54) is 17.8 Å². The minimum absolute atomic E-state index is 0.0800. The van der Waals surface area contributed by atoms with Gasteiger partial charge < -0.3 is 14.8 Å². The van der Waals surface area contributed by atoms with Gasteiger partial charge in [0, 0.05) is 17.3 Å². The number of carboxylic acids is 1. The second kappa shape index (κ2) is 5.79. The van der Waals surface area contributed by atoms with Crippen LogP contribution in [0.2, 0.25) is 0 Å². The Kier molecular flexibility index (Phi) is 3.85. The topological polar surface area (TPSA) is 79.7 Å². The van der Waals surface area contributed by atoms with Crippen LogP contribution in [0.25, 0.3) is 0 Å². The van der Waals surface area contributed by atoms with Crippen LogP contribution in [0.15, 0.2) is 47.6 Å². The maximum atomic E-state index is 11.2. The van der Waals surface area contributed by atoms with Gasteiger partial charge in [0.1, 0.15) is 5.75 Å². The van der Waals surface area contributed by atoms with E-state index in [2.05, 4.69) is 4.98 Å². The molecular formula is C14H12BNO4S. The molecule has 0 amide bonds. The predicted octanol–water partition coefficient (Wildman–Crippen LogP) is 1.90. The zero-order valence-corrected chi connectivity index (χ0v) is 11.8. The Morgan fingerprint density at radius 2 is 2.24 bits per heavy atom. The van der Waals surface area contributed by atoms with Crippen molar-refractivity contribution in [2.75, 3.05) is 0 Å². The van der Waals surface area contributed by atoms with Crippen molar-refractivity contribution in [1.29, 1.82) is 0 Å². The lowest BCUT2D eigenvalue weighted by Gasteiger charge is -2.27. The number of para-hydroxylation sites is 1. The molecule has 106 valence electrons. The zero-order valence-electron chi connectivity index (χ0n) is 11.0. The second-order valence-corrected chi connectivity index (χ2v) is 5.97. The fraction of sp³-hybridized carbons (Fsp3) is 0.143. The van der Waals surface area contributed by atoms with Gasteiger partial charge in [-0.15, -0.1) is 11.8 Å². The summed E-state index contributed by atoms with van der Waals surface area (Å²) in [4.78, 5) is 16.1. The number of pyridine rings is 1. The van der Waals surface area contributed by atoms with Crippen molar-refractivity contribution in [3.63, 3.8) is 0 Å². The van der Waals surface area contributed by atoms with Crippen LogP contribution in [-0.2, 0) is 6.42 Å². The molecule has 1 aliphatic rings. The highest BCUT2D eigenvalue weighted by Crippen LogP contribution is 2.36. The Balaban J connectivity index is 1.86. The number of carbonyl (C=O) groups is 1. The van der Waals surface area contributed by atoms with Crippen molar-refractivity contribution in [2.45, 2.75) is 16.5 Å². The Bertz CT molecular complexity index is 667. The van der Waals surface area contributed by atoms with E-state index < -0.39 is 13.1 Å². The highest BCUT2D eigenvalue weighted by atomic mass is 32.2.